The maximum absolute atomic E-state index is 12.8. The summed E-state index contributed by atoms with van der Waals surface area (Å²) in [6.07, 6.45) is 3.13. The second-order valence-corrected chi connectivity index (χ2v) is 11.3. The van der Waals surface area contributed by atoms with Crippen LogP contribution >= 0.6 is 11.8 Å². The number of pyridine rings is 1. The molecule has 218 valence electrons. The highest BCUT2D eigenvalue weighted by atomic mass is 35.5. The number of anilines is 1. The van der Waals surface area contributed by atoms with Crippen molar-refractivity contribution in [1.29, 1.82) is 0 Å². The first-order valence-electron chi connectivity index (χ1n) is 14.6. The van der Waals surface area contributed by atoms with Gasteiger partial charge < -0.3 is 14.4 Å². The quantitative estimate of drug-likeness (QED) is 0.170. The summed E-state index contributed by atoms with van der Waals surface area (Å²) in [7, 11) is 1.39. The number of halogens is 1. The van der Waals surface area contributed by atoms with Gasteiger partial charge in [-0.3, -0.25) is 4.57 Å². The highest BCUT2D eigenvalue weighted by molar-refractivity contribution is 6.14. The second kappa shape index (κ2) is 11.4. The van der Waals surface area contributed by atoms with E-state index in [0.717, 1.165) is 79.3 Å². The number of esters is 1. The van der Waals surface area contributed by atoms with Crippen LogP contribution in [-0.2, 0) is 15.0 Å². The Morgan fingerprint density at radius 1 is 0.930 bits per heavy atom. The van der Waals surface area contributed by atoms with Gasteiger partial charge in [0.2, 0.25) is 0 Å². The molecule has 9 heteroatoms. The van der Waals surface area contributed by atoms with E-state index < -0.39 is 5.97 Å². The second-order valence-electron chi connectivity index (χ2n) is 11.1. The average molecular weight is 594 g/mol. The molecular formula is C34H32ClN5O3. The lowest BCUT2D eigenvalue weighted by Gasteiger charge is -2.41. The third kappa shape index (κ3) is 4.95. The molecule has 0 bridgehead atoms. The first-order valence-corrected chi connectivity index (χ1v) is 15.0. The number of rotatable bonds is 7. The minimum Gasteiger partial charge on any atom is -0.465 e. The minimum atomic E-state index is -0.418. The van der Waals surface area contributed by atoms with Crippen LogP contribution in [-0.4, -0.2) is 53.9 Å². The van der Waals surface area contributed by atoms with Crippen molar-refractivity contribution in [3.05, 3.63) is 96.1 Å². The van der Waals surface area contributed by atoms with E-state index in [9.17, 15) is 4.79 Å². The summed E-state index contributed by atoms with van der Waals surface area (Å²) in [5, 5.41) is 0. The van der Waals surface area contributed by atoms with Gasteiger partial charge >= 0.3 is 5.97 Å². The molecule has 1 aliphatic heterocycles. The van der Waals surface area contributed by atoms with Crippen LogP contribution < -0.4 is 9.74 Å². The molecule has 8 nitrogen and oxygen atoms in total. The predicted molar refractivity (Wildman–Crippen MR) is 169 cm³/mol. The number of ether oxygens (including phenoxy) is 2. The van der Waals surface area contributed by atoms with Crippen LogP contribution in [0.5, 0.6) is 0 Å². The number of nitrogens with one attached hydrogen (secondary N) is 1. The first-order chi connectivity index (χ1) is 21.1. The van der Waals surface area contributed by atoms with Crippen LogP contribution in [0.4, 0.5) is 5.69 Å². The zero-order valence-electron chi connectivity index (χ0n) is 23.9. The highest BCUT2D eigenvalue weighted by Gasteiger charge is 2.38. The molecule has 7 rings (SSSR count). The summed E-state index contributed by atoms with van der Waals surface area (Å²) >= 11 is 6.19. The largest absolute Gasteiger partial charge is 0.465 e. The van der Waals surface area contributed by atoms with Crippen molar-refractivity contribution < 1.29 is 14.3 Å². The van der Waals surface area contributed by atoms with Crippen molar-refractivity contribution in [2.75, 3.05) is 38.3 Å². The maximum atomic E-state index is 12.8. The maximum Gasteiger partial charge on any atom is 0.338 e. The number of carbonyl (C=O) groups excluding carboxylic acids is 1. The van der Waals surface area contributed by atoms with Crippen LogP contribution in [0.1, 0.15) is 35.2 Å². The Bertz CT molecular complexity index is 1790. The highest BCUT2D eigenvalue weighted by Crippen LogP contribution is 2.42. The van der Waals surface area contributed by atoms with E-state index in [1.165, 1.54) is 7.11 Å². The van der Waals surface area contributed by atoms with Gasteiger partial charge in [-0.15, -0.1) is 0 Å². The summed E-state index contributed by atoms with van der Waals surface area (Å²) in [5.74, 6) is 0.197. The molecule has 1 saturated carbocycles. The van der Waals surface area contributed by atoms with E-state index in [2.05, 4.69) is 58.3 Å². The van der Waals surface area contributed by atoms with Crippen LogP contribution in [0.3, 0.4) is 0 Å². The van der Waals surface area contributed by atoms with E-state index >= 15 is 0 Å². The molecule has 0 spiro atoms. The summed E-state index contributed by atoms with van der Waals surface area (Å²) < 4.78 is 12.7. The lowest BCUT2D eigenvalue weighted by atomic mass is 9.73. The summed E-state index contributed by atoms with van der Waals surface area (Å²) in [6.45, 7) is 3.18. The monoisotopic (exact) mass is 593 g/mol. The third-order valence-electron chi connectivity index (χ3n) is 8.66. The van der Waals surface area contributed by atoms with Gasteiger partial charge in [0.15, 0.2) is 5.65 Å². The zero-order valence-corrected chi connectivity index (χ0v) is 24.7. The number of hydrogen-bond donors (Lipinski definition) is 1. The van der Waals surface area contributed by atoms with E-state index in [0.29, 0.717) is 22.6 Å². The molecule has 0 atom stereocenters. The Kier molecular flexibility index (Phi) is 7.34. The molecule has 1 aliphatic carbocycles. The topological polar surface area (TPSA) is 81.5 Å². The summed E-state index contributed by atoms with van der Waals surface area (Å²) in [4.78, 5) is 28.3. The van der Waals surface area contributed by atoms with E-state index in [4.69, 9.17) is 31.2 Å². The molecule has 3 aromatic carbocycles. The molecule has 3 heterocycles. The molecule has 2 aromatic heterocycles. The molecule has 1 N–H and O–H groups in total. The molecule has 2 fully saturated rings. The van der Waals surface area contributed by atoms with Crippen LogP contribution in [0.2, 0.25) is 0 Å². The fraction of sp³-hybridized carbons (Fsp3) is 0.265. The van der Waals surface area contributed by atoms with Crippen molar-refractivity contribution in [2.45, 2.75) is 24.8 Å². The zero-order chi connectivity index (χ0) is 29.4. The lowest BCUT2D eigenvalue weighted by molar-refractivity contribution is 0.0601. The van der Waals surface area contributed by atoms with Crippen molar-refractivity contribution in [1.82, 2.24) is 19.4 Å². The molecular weight excluding hydrogens is 562 g/mol. The number of nitrogens with zero attached hydrogens (tertiary/aromatic N) is 4. The molecule has 0 amide bonds. The number of hydrogen-bond acceptors (Lipinski definition) is 7. The number of imidazole rings is 1. The minimum absolute atomic E-state index is 0.200. The van der Waals surface area contributed by atoms with Crippen LogP contribution in [0.25, 0.3) is 39.5 Å². The summed E-state index contributed by atoms with van der Waals surface area (Å²) in [6, 6.07) is 28.2. The van der Waals surface area contributed by atoms with Crippen molar-refractivity contribution >= 4 is 34.6 Å². The number of fused-ring (bicyclic) bond motifs is 1. The standard InChI is InChI=1S/C34H32ClN5O3/c1-42-33(41)28-9-3-2-8-27(28)31-37-30-15-14-29(23-6-4-7-26(22-23)39-18-20-43-21-19-39)36-32(30)40(31)25-12-10-24(11-13-25)34(38-35)16-5-17-34/h2-4,6-15,22,38H,5,16-21H2,1H3. The number of aromatic nitrogens is 3. The molecule has 0 radical (unpaired) electrons. The number of carbonyl (C=O) groups is 1. The Morgan fingerprint density at radius 2 is 1.72 bits per heavy atom. The summed E-state index contributed by atoms with van der Waals surface area (Å²) in [5.41, 5.74) is 7.38. The van der Waals surface area contributed by atoms with Gasteiger partial charge in [-0.2, -0.15) is 0 Å². The van der Waals surface area contributed by atoms with Crippen LogP contribution in [0, 0.1) is 0 Å². The Morgan fingerprint density at radius 3 is 2.44 bits per heavy atom. The van der Waals surface area contributed by atoms with E-state index in [1.54, 1.807) is 6.07 Å². The van der Waals surface area contributed by atoms with Gasteiger partial charge in [0.05, 0.1) is 37.1 Å². The van der Waals surface area contributed by atoms with Gasteiger partial charge in [0, 0.05) is 35.6 Å². The van der Waals surface area contributed by atoms with Gasteiger partial charge in [-0.25, -0.2) is 19.6 Å². The molecule has 43 heavy (non-hydrogen) atoms. The Balaban J connectivity index is 1.38. The van der Waals surface area contributed by atoms with Crippen molar-refractivity contribution in [2.24, 2.45) is 0 Å². The SMILES string of the molecule is COC(=O)c1ccccc1-c1nc2ccc(-c3cccc(N4CCOCC4)c3)nc2n1-c1ccc(C2(NCl)CCC2)cc1. The van der Waals surface area contributed by atoms with Gasteiger partial charge in [-0.05, 0) is 79.1 Å². The van der Waals surface area contributed by atoms with Crippen LogP contribution in [0.15, 0.2) is 84.9 Å². The smallest absolute Gasteiger partial charge is 0.338 e. The molecule has 1 saturated heterocycles. The van der Waals surface area contributed by atoms with E-state index in [1.807, 2.05) is 34.9 Å². The Labute approximate surface area is 255 Å². The Hall–Kier alpha value is -4.24. The number of morpholine rings is 1. The fourth-order valence-corrected chi connectivity index (χ4v) is 6.39. The average Bonchev–Trinajstić information content (AvgIpc) is 3.44. The van der Waals surface area contributed by atoms with Crippen molar-refractivity contribution in [3.63, 3.8) is 0 Å². The lowest BCUT2D eigenvalue weighted by Crippen LogP contribution is -2.43. The molecule has 5 aromatic rings. The van der Waals surface area contributed by atoms with Crippen molar-refractivity contribution in [3.8, 4) is 28.3 Å². The van der Waals surface area contributed by atoms with Gasteiger partial charge in [-0.1, -0.05) is 42.5 Å². The molecule has 0 unspecified atom stereocenters. The van der Waals surface area contributed by atoms with Gasteiger partial charge in [0.25, 0.3) is 0 Å². The van der Waals surface area contributed by atoms with E-state index in [-0.39, 0.29) is 5.54 Å². The molecule has 2 aliphatic rings. The number of methoxy groups -OCH3 is 1. The first kappa shape index (κ1) is 27.6. The number of benzene rings is 3. The normalized spacial score (nSPS) is 16.2. The van der Waals surface area contributed by atoms with Gasteiger partial charge in [0.1, 0.15) is 11.3 Å². The predicted octanol–water partition coefficient (Wildman–Crippen LogP) is 6.50. The fourth-order valence-electron chi connectivity index (χ4n) is 6.09. The third-order valence-corrected chi connectivity index (χ3v) is 9.02.